The Balaban J connectivity index is 1.43. The molecule has 6 rings (SSSR count). The fourth-order valence-corrected chi connectivity index (χ4v) is 5.09. The Morgan fingerprint density at radius 1 is 0.439 bits per heavy atom. The van der Waals surface area contributed by atoms with Crippen molar-refractivity contribution < 1.29 is 0 Å². The minimum Gasteiger partial charge on any atom is -0.310 e. The summed E-state index contributed by atoms with van der Waals surface area (Å²) in [6.07, 6.45) is 0. The van der Waals surface area contributed by atoms with Crippen molar-refractivity contribution in [1.82, 2.24) is 0 Å². The van der Waals surface area contributed by atoms with Crippen LogP contribution in [0, 0.1) is 34.0 Å². The van der Waals surface area contributed by atoms with Crippen LogP contribution >= 0.6 is 0 Å². The normalized spacial score (nSPS) is 10.4. The van der Waals surface area contributed by atoms with Gasteiger partial charge in [0, 0.05) is 16.8 Å². The van der Waals surface area contributed by atoms with Crippen molar-refractivity contribution >= 4 is 27.8 Å². The number of fused-ring (bicyclic) bond motifs is 1. The molecule has 6 aromatic carbocycles. The fraction of sp³-hybridized carbons (Fsp3) is 0. The second kappa shape index (κ2) is 10.9. The number of hydrogen-bond donors (Lipinski definition) is 0. The molecule has 0 atom stereocenters. The maximum atomic E-state index is 9.47. The molecule has 0 bridgehead atoms. The monoisotopic (exact) mass is 522 g/mol. The summed E-state index contributed by atoms with van der Waals surface area (Å²) >= 11 is 0. The van der Waals surface area contributed by atoms with Gasteiger partial charge in [0.1, 0.15) is 12.1 Å². The maximum absolute atomic E-state index is 9.47. The first-order valence-corrected chi connectivity index (χ1v) is 13.1. The zero-order chi connectivity index (χ0) is 28.2. The SMILES string of the molecule is N#Cc1ccc(-c2ccc(N(c3ccc(-c4ccc(C#N)c(C#N)c4)cc3)c3cccc4ccccc34)cc2)cc1. The highest BCUT2D eigenvalue weighted by Gasteiger charge is 2.16. The molecular weight excluding hydrogens is 500 g/mol. The Hall–Kier alpha value is -6.15. The van der Waals surface area contributed by atoms with E-state index in [9.17, 15) is 10.5 Å². The van der Waals surface area contributed by atoms with Gasteiger partial charge < -0.3 is 4.90 Å². The van der Waals surface area contributed by atoms with Crippen LogP contribution in [-0.2, 0) is 0 Å². The average molecular weight is 523 g/mol. The number of nitrogens with zero attached hydrogens (tertiary/aromatic N) is 4. The van der Waals surface area contributed by atoms with E-state index < -0.39 is 0 Å². The molecule has 0 heterocycles. The van der Waals surface area contributed by atoms with Crippen LogP contribution in [0.25, 0.3) is 33.0 Å². The van der Waals surface area contributed by atoms with Gasteiger partial charge in [-0.3, -0.25) is 0 Å². The summed E-state index contributed by atoms with van der Waals surface area (Å²) in [5, 5.41) is 30.2. The number of anilines is 3. The van der Waals surface area contributed by atoms with Gasteiger partial charge in [-0.05, 0) is 82.2 Å². The molecule has 0 aliphatic heterocycles. The standard InChI is InChI=1S/C37H22N4/c38-23-26-8-10-27(11-9-26)28-14-18-34(19-15-28)41(37-7-3-5-30-4-1-2-6-36(30)37)35-20-16-29(17-21-35)31-12-13-32(24-39)33(22-31)25-40/h1-22H. The Kier molecular flexibility index (Phi) is 6.69. The van der Waals surface area contributed by atoms with Crippen LogP contribution in [-0.4, -0.2) is 0 Å². The van der Waals surface area contributed by atoms with Crippen molar-refractivity contribution in [2.75, 3.05) is 4.90 Å². The molecule has 190 valence electrons. The highest BCUT2D eigenvalue weighted by molar-refractivity contribution is 5.99. The van der Waals surface area contributed by atoms with Crippen LogP contribution in [0.4, 0.5) is 17.1 Å². The van der Waals surface area contributed by atoms with Crippen LogP contribution < -0.4 is 4.90 Å². The van der Waals surface area contributed by atoms with Gasteiger partial charge in [-0.25, -0.2) is 0 Å². The van der Waals surface area contributed by atoms with E-state index in [-0.39, 0.29) is 0 Å². The van der Waals surface area contributed by atoms with E-state index >= 15 is 0 Å². The zero-order valence-electron chi connectivity index (χ0n) is 22.0. The van der Waals surface area contributed by atoms with Crippen molar-refractivity contribution in [3.63, 3.8) is 0 Å². The number of nitriles is 3. The van der Waals surface area contributed by atoms with Crippen molar-refractivity contribution in [2.24, 2.45) is 0 Å². The highest BCUT2D eigenvalue weighted by atomic mass is 15.1. The summed E-state index contributed by atoms with van der Waals surface area (Å²) in [4.78, 5) is 2.24. The van der Waals surface area contributed by atoms with Crippen LogP contribution in [0.1, 0.15) is 16.7 Å². The van der Waals surface area contributed by atoms with Crippen molar-refractivity contribution in [1.29, 1.82) is 15.8 Å². The number of rotatable bonds is 5. The largest absolute Gasteiger partial charge is 0.310 e. The van der Waals surface area contributed by atoms with E-state index in [1.54, 1.807) is 12.1 Å². The van der Waals surface area contributed by atoms with E-state index in [0.717, 1.165) is 50.1 Å². The van der Waals surface area contributed by atoms with Crippen molar-refractivity contribution in [3.8, 4) is 40.5 Å². The summed E-state index contributed by atoms with van der Waals surface area (Å²) in [5.74, 6) is 0. The van der Waals surface area contributed by atoms with Crippen molar-refractivity contribution in [3.05, 3.63) is 150 Å². The third-order valence-electron chi connectivity index (χ3n) is 7.20. The summed E-state index contributed by atoms with van der Waals surface area (Å²) in [5.41, 5.74) is 8.42. The number of hydrogen-bond acceptors (Lipinski definition) is 4. The van der Waals surface area contributed by atoms with E-state index in [1.165, 1.54) is 0 Å². The molecule has 0 unspecified atom stereocenters. The molecule has 4 nitrogen and oxygen atoms in total. The third kappa shape index (κ3) is 4.88. The Labute approximate surface area is 238 Å². The first-order chi connectivity index (χ1) is 20.2. The lowest BCUT2D eigenvalue weighted by molar-refractivity contribution is 1.30. The predicted molar refractivity (Wildman–Crippen MR) is 164 cm³/mol. The van der Waals surface area contributed by atoms with Crippen LogP contribution in [0.3, 0.4) is 0 Å². The predicted octanol–water partition coefficient (Wildman–Crippen LogP) is 9.26. The van der Waals surface area contributed by atoms with Gasteiger partial charge >= 0.3 is 0 Å². The first-order valence-electron chi connectivity index (χ1n) is 13.1. The molecule has 0 aliphatic rings. The van der Waals surface area contributed by atoms with Gasteiger partial charge in [0.25, 0.3) is 0 Å². The van der Waals surface area contributed by atoms with E-state index in [2.05, 4.69) is 95.9 Å². The summed E-state index contributed by atoms with van der Waals surface area (Å²) in [6, 6.07) is 50.7. The van der Waals surface area contributed by atoms with Gasteiger partial charge in [-0.15, -0.1) is 0 Å². The molecule has 0 spiro atoms. The molecule has 0 N–H and O–H groups in total. The third-order valence-corrected chi connectivity index (χ3v) is 7.20. The summed E-state index contributed by atoms with van der Waals surface area (Å²) in [6.45, 7) is 0. The molecular formula is C37H22N4. The van der Waals surface area contributed by atoms with Crippen LogP contribution in [0.15, 0.2) is 133 Å². The van der Waals surface area contributed by atoms with Crippen molar-refractivity contribution in [2.45, 2.75) is 0 Å². The first kappa shape index (κ1) is 25.1. The molecule has 0 saturated heterocycles. The minimum atomic E-state index is 0.369. The Bertz CT molecular complexity index is 2000. The molecule has 0 fully saturated rings. The van der Waals surface area contributed by atoms with Crippen LogP contribution in [0.2, 0.25) is 0 Å². The summed E-state index contributed by atoms with van der Waals surface area (Å²) in [7, 11) is 0. The Morgan fingerprint density at radius 3 is 1.59 bits per heavy atom. The molecule has 0 aliphatic carbocycles. The maximum Gasteiger partial charge on any atom is 0.101 e. The second-order valence-corrected chi connectivity index (χ2v) is 9.60. The molecule has 0 radical (unpaired) electrons. The van der Waals surface area contributed by atoms with Gasteiger partial charge in [-0.1, -0.05) is 78.9 Å². The zero-order valence-corrected chi connectivity index (χ0v) is 22.0. The van der Waals surface area contributed by atoms with Crippen LogP contribution in [0.5, 0.6) is 0 Å². The number of benzene rings is 6. The summed E-state index contributed by atoms with van der Waals surface area (Å²) < 4.78 is 0. The van der Waals surface area contributed by atoms with Gasteiger partial charge in [-0.2, -0.15) is 15.8 Å². The topological polar surface area (TPSA) is 74.6 Å². The fourth-order valence-electron chi connectivity index (χ4n) is 5.09. The molecule has 0 amide bonds. The molecule has 4 heteroatoms. The lowest BCUT2D eigenvalue weighted by Crippen LogP contribution is -2.10. The molecule has 0 saturated carbocycles. The van der Waals surface area contributed by atoms with E-state index in [4.69, 9.17) is 5.26 Å². The van der Waals surface area contributed by atoms with E-state index in [1.807, 2.05) is 48.5 Å². The average Bonchev–Trinajstić information content (AvgIpc) is 3.05. The Morgan fingerprint density at radius 2 is 0.976 bits per heavy atom. The quantitative estimate of drug-likeness (QED) is 0.226. The van der Waals surface area contributed by atoms with Gasteiger partial charge in [0.05, 0.1) is 28.4 Å². The second-order valence-electron chi connectivity index (χ2n) is 9.60. The lowest BCUT2D eigenvalue weighted by Gasteiger charge is -2.27. The highest BCUT2D eigenvalue weighted by Crippen LogP contribution is 2.40. The van der Waals surface area contributed by atoms with Gasteiger partial charge in [0.2, 0.25) is 0 Å². The van der Waals surface area contributed by atoms with E-state index in [0.29, 0.717) is 16.7 Å². The lowest BCUT2D eigenvalue weighted by atomic mass is 9.99. The molecule has 6 aromatic rings. The molecule has 41 heavy (non-hydrogen) atoms. The van der Waals surface area contributed by atoms with Gasteiger partial charge in [0.15, 0.2) is 0 Å². The molecule has 0 aromatic heterocycles. The minimum absolute atomic E-state index is 0.369. The smallest absolute Gasteiger partial charge is 0.101 e.